The Hall–Kier alpha value is -1.51. The molecule has 21 heavy (non-hydrogen) atoms. The predicted molar refractivity (Wildman–Crippen MR) is 92.1 cm³/mol. The van der Waals surface area contributed by atoms with Gasteiger partial charge in [0.05, 0.1) is 0 Å². The van der Waals surface area contributed by atoms with Gasteiger partial charge in [-0.25, -0.2) is 4.39 Å². The highest BCUT2D eigenvalue weighted by Crippen LogP contribution is 2.40. The largest absolute Gasteiger partial charge is 0.207 e. The third-order valence-electron chi connectivity index (χ3n) is 4.26. The maximum absolute atomic E-state index is 12.8. The Morgan fingerprint density at radius 2 is 1.29 bits per heavy atom. The molecule has 0 saturated carbocycles. The number of halogens is 1. The lowest BCUT2D eigenvalue weighted by Crippen LogP contribution is -2.43. The highest BCUT2D eigenvalue weighted by molar-refractivity contribution is 6.90. The highest BCUT2D eigenvalue weighted by atomic mass is 28.3. The fraction of sp³-hybridized carbons (Fsp3) is 0.474. The van der Waals surface area contributed by atoms with E-state index in [2.05, 4.69) is 64.8 Å². The number of rotatable bonds is 3. The summed E-state index contributed by atoms with van der Waals surface area (Å²) in [4.78, 5) is 0. The monoisotopic (exact) mass is 300 g/mol. The average Bonchev–Trinajstić information content (AvgIpc) is 2.39. The van der Waals surface area contributed by atoms with E-state index in [9.17, 15) is 4.39 Å². The molecule has 0 atom stereocenters. The van der Waals surface area contributed by atoms with Crippen LogP contribution in [0.1, 0.15) is 47.1 Å². The highest BCUT2D eigenvalue weighted by Gasteiger charge is 2.41. The van der Waals surface area contributed by atoms with Crippen molar-refractivity contribution in [3.05, 3.63) is 35.6 Å². The maximum atomic E-state index is 12.8. The van der Waals surface area contributed by atoms with Gasteiger partial charge < -0.3 is 0 Å². The summed E-state index contributed by atoms with van der Waals surface area (Å²) in [6.07, 6.45) is 0. The van der Waals surface area contributed by atoms with E-state index in [1.54, 1.807) is 12.1 Å². The van der Waals surface area contributed by atoms with Gasteiger partial charge in [0.2, 0.25) is 0 Å². The van der Waals surface area contributed by atoms with E-state index in [0.717, 1.165) is 5.56 Å². The van der Waals surface area contributed by atoms with Gasteiger partial charge in [-0.05, 0) is 52.7 Å². The molecule has 0 unspecified atom stereocenters. The average molecular weight is 300 g/mol. The summed E-state index contributed by atoms with van der Waals surface area (Å²) < 4.78 is 12.8. The van der Waals surface area contributed by atoms with Crippen LogP contribution in [-0.4, -0.2) is 8.07 Å². The summed E-state index contributed by atoms with van der Waals surface area (Å²) in [6.45, 7) is 13.7. The molecule has 0 fully saturated rings. The van der Waals surface area contributed by atoms with Crippen LogP contribution in [0.5, 0.6) is 0 Å². The van der Waals surface area contributed by atoms with E-state index < -0.39 is 8.07 Å². The molecular weight excluding hydrogens is 275 g/mol. The van der Waals surface area contributed by atoms with Crippen LogP contribution < -0.4 is 0 Å². The van der Waals surface area contributed by atoms with E-state index in [1.165, 1.54) is 12.1 Å². The van der Waals surface area contributed by atoms with E-state index in [1.807, 2.05) is 0 Å². The standard InChI is InChI=1S/C19H25FSi/c1-15(2)21(16(3)4,17(5)6)14-8-7-9-18-10-12-19(20)13-11-18/h10-13,15-17H,1-6H3. The molecule has 0 heterocycles. The minimum absolute atomic E-state index is 0.238. The van der Waals surface area contributed by atoms with Gasteiger partial charge in [-0.15, -0.1) is 5.54 Å². The molecule has 1 aromatic rings. The fourth-order valence-electron chi connectivity index (χ4n) is 3.21. The third-order valence-corrected chi connectivity index (χ3v) is 10.5. The van der Waals surface area contributed by atoms with Gasteiger partial charge in [0.15, 0.2) is 0 Å². The number of benzene rings is 1. The van der Waals surface area contributed by atoms with Gasteiger partial charge in [0.25, 0.3) is 0 Å². The van der Waals surface area contributed by atoms with Crippen LogP contribution in [0.3, 0.4) is 0 Å². The summed E-state index contributed by atoms with van der Waals surface area (Å²) in [6, 6.07) is 6.21. The molecule has 0 saturated heterocycles. The lowest BCUT2D eigenvalue weighted by Gasteiger charge is -2.37. The zero-order valence-corrected chi connectivity index (χ0v) is 14.9. The van der Waals surface area contributed by atoms with Crippen molar-refractivity contribution in [2.45, 2.75) is 58.2 Å². The Morgan fingerprint density at radius 1 is 0.810 bits per heavy atom. The second-order valence-electron chi connectivity index (χ2n) is 6.40. The first kappa shape index (κ1) is 17.5. The third kappa shape index (κ3) is 4.23. The Kier molecular flexibility index (Phi) is 6.25. The lowest BCUT2D eigenvalue weighted by molar-refractivity contribution is 0.627. The van der Waals surface area contributed by atoms with Crippen LogP contribution in [-0.2, 0) is 0 Å². The molecule has 0 bridgehead atoms. The van der Waals surface area contributed by atoms with Crippen LogP contribution in [0.4, 0.5) is 4.39 Å². The molecule has 1 rings (SSSR count). The van der Waals surface area contributed by atoms with Crippen LogP contribution in [0.25, 0.3) is 0 Å². The van der Waals surface area contributed by atoms with Crippen molar-refractivity contribution in [2.24, 2.45) is 0 Å². The molecule has 2 heteroatoms. The Morgan fingerprint density at radius 3 is 1.71 bits per heavy atom. The van der Waals surface area contributed by atoms with Crippen molar-refractivity contribution in [2.75, 3.05) is 0 Å². The maximum Gasteiger partial charge on any atom is 0.147 e. The molecule has 0 aliphatic rings. The van der Waals surface area contributed by atoms with Crippen LogP contribution in [0.2, 0.25) is 16.6 Å². The Labute approximate surface area is 130 Å². The Bertz CT molecular complexity index is 552. The van der Waals surface area contributed by atoms with Crippen molar-refractivity contribution in [3.63, 3.8) is 0 Å². The lowest BCUT2D eigenvalue weighted by atomic mass is 10.2. The zero-order valence-electron chi connectivity index (χ0n) is 13.9. The summed E-state index contributed by atoms with van der Waals surface area (Å²) in [5.74, 6) is 8.79. The molecule has 0 radical (unpaired) electrons. The normalized spacial score (nSPS) is 11.1. The predicted octanol–water partition coefficient (Wildman–Crippen LogP) is 5.40. The van der Waals surface area contributed by atoms with Crippen LogP contribution >= 0.6 is 0 Å². The van der Waals surface area contributed by atoms with Crippen molar-refractivity contribution in [1.82, 2.24) is 0 Å². The smallest absolute Gasteiger partial charge is 0.147 e. The van der Waals surface area contributed by atoms with Crippen molar-refractivity contribution in [1.29, 1.82) is 0 Å². The summed E-state index contributed by atoms with van der Waals surface area (Å²) in [7, 11) is -1.70. The molecule has 112 valence electrons. The van der Waals surface area contributed by atoms with Crippen molar-refractivity contribution in [3.8, 4) is 23.3 Å². The summed E-state index contributed by atoms with van der Waals surface area (Å²) >= 11 is 0. The molecule has 0 N–H and O–H groups in total. The topological polar surface area (TPSA) is 0 Å². The summed E-state index contributed by atoms with van der Waals surface area (Å²) in [5, 5.41) is 0. The second kappa shape index (κ2) is 7.48. The molecule has 0 aliphatic carbocycles. The molecule has 0 amide bonds. The molecule has 0 spiro atoms. The number of hydrogen-bond acceptors (Lipinski definition) is 0. The first-order valence-electron chi connectivity index (χ1n) is 7.59. The molecule has 0 nitrogen and oxygen atoms in total. The van der Waals surface area contributed by atoms with E-state index in [0.29, 0.717) is 16.6 Å². The quantitative estimate of drug-likeness (QED) is 0.518. The Balaban J connectivity index is 3.05. The minimum atomic E-state index is -1.70. The number of hydrogen-bond donors (Lipinski definition) is 0. The zero-order chi connectivity index (χ0) is 16.0. The van der Waals surface area contributed by atoms with Gasteiger partial charge in [-0.1, -0.05) is 47.5 Å². The van der Waals surface area contributed by atoms with Gasteiger partial charge in [-0.2, -0.15) is 0 Å². The van der Waals surface area contributed by atoms with E-state index in [-0.39, 0.29) is 5.82 Å². The minimum Gasteiger partial charge on any atom is -0.207 e. The van der Waals surface area contributed by atoms with Crippen LogP contribution in [0.15, 0.2) is 24.3 Å². The van der Waals surface area contributed by atoms with Gasteiger partial charge in [0, 0.05) is 5.56 Å². The van der Waals surface area contributed by atoms with Gasteiger partial charge in [0.1, 0.15) is 13.9 Å². The van der Waals surface area contributed by atoms with E-state index >= 15 is 0 Å². The van der Waals surface area contributed by atoms with E-state index in [4.69, 9.17) is 0 Å². The van der Waals surface area contributed by atoms with Crippen molar-refractivity contribution >= 4 is 8.07 Å². The molecular formula is C19H25FSi. The van der Waals surface area contributed by atoms with Crippen LogP contribution in [0, 0.1) is 29.1 Å². The van der Waals surface area contributed by atoms with Gasteiger partial charge in [-0.3, -0.25) is 0 Å². The molecule has 0 aliphatic heterocycles. The van der Waals surface area contributed by atoms with Crippen molar-refractivity contribution < 1.29 is 4.39 Å². The second-order valence-corrected chi connectivity index (χ2v) is 12.0. The fourth-order valence-corrected chi connectivity index (χ4v) is 8.35. The first-order valence-corrected chi connectivity index (χ1v) is 9.82. The summed E-state index contributed by atoms with van der Waals surface area (Å²) in [5.41, 5.74) is 6.18. The SMILES string of the molecule is CC(C)[Si](C#CC#Cc1ccc(F)cc1)(C(C)C)C(C)C. The first-order chi connectivity index (χ1) is 9.80. The molecule has 0 aromatic heterocycles. The van der Waals surface area contributed by atoms with Gasteiger partial charge >= 0.3 is 0 Å². The molecule has 1 aromatic carbocycles.